The van der Waals surface area contributed by atoms with E-state index in [9.17, 15) is 9.18 Å². The summed E-state index contributed by atoms with van der Waals surface area (Å²) in [7, 11) is 3.35. The topological polar surface area (TPSA) is 68.2 Å². The third-order valence-corrected chi connectivity index (χ3v) is 6.63. The molecule has 0 bridgehead atoms. The number of benzene rings is 2. The fourth-order valence-corrected chi connectivity index (χ4v) is 4.42. The molecule has 1 amide bonds. The molecule has 4 rings (SSSR count). The molecule has 1 aliphatic carbocycles. The van der Waals surface area contributed by atoms with Gasteiger partial charge >= 0.3 is 0 Å². The van der Waals surface area contributed by atoms with Crippen LogP contribution in [-0.2, 0) is 7.05 Å². The molecule has 1 fully saturated rings. The van der Waals surface area contributed by atoms with E-state index in [1.165, 1.54) is 7.11 Å². The van der Waals surface area contributed by atoms with Gasteiger partial charge in [-0.15, -0.1) is 0 Å². The van der Waals surface area contributed by atoms with Gasteiger partial charge in [-0.25, -0.2) is 9.37 Å². The van der Waals surface area contributed by atoms with Gasteiger partial charge in [0.1, 0.15) is 5.75 Å². The van der Waals surface area contributed by atoms with Gasteiger partial charge in [0.15, 0.2) is 5.82 Å². The van der Waals surface area contributed by atoms with Crippen LogP contribution in [0, 0.1) is 18.7 Å². The fraction of sp³-hybridized carbons (Fsp3) is 0.417. The number of hydrogen-bond donors (Lipinski definition) is 2. The van der Waals surface area contributed by atoms with Crippen molar-refractivity contribution in [2.75, 3.05) is 12.4 Å². The second kappa shape index (κ2) is 8.98. The minimum Gasteiger partial charge on any atom is -0.496 e. The molecule has 1 saturated carbocycles. The summed E-state index contributed by atoms with van der Waals surface area (Å²) < 4.78 is 21.9. The van der Waals surface area contributed by atoms with E-state index in [1.54, 1.807) is 35.8 Å². The summed E-state index contributed by atoms with van der Waals surface area (Å²) in [6, 6.07) is 6.93. The van der Waals surface area contributed by atoms with E-state index in [0.29, 0.717) is 34.3 Å². The van der Waals surface area contributed by atoms with Gasteiger partial charge in [0.25, 0.3) is 5.91 Å². The lowest BCUT2D eigenvalue weighted by atomic mass is 9.87. The lowest BCUT2D eigenvalue weighted by Crippen LogP contribution is -2.37. The standard InChI is InChI=1S/C24H28ClFN4O2/c1-13-5-8-15(9-6-13)27-23(31)16-11-18-19(12-20(16)32-4)30(3)24(28-18)29-22-17(25)10-7-14(2)21(22)26/h7,10-13,15H,5-6,8-9H2,1-4H3,(H,27,31)(H,28,29)/t13-,15-. The van der Waals surface area contributed by atoms with Crippen molar-refractivity contribution in [2.45, 2.75) is 45.6 Å². The van der Waals surface area contributed by atoms with E-state index in [4.69, 9.17) is 16.3 Å². The second-order valence-electron chi connectivity index (χ2n) is 8.64. The van der Waals surface area contributed by atoms with Crippen LogP contribution in [0.3, 0.4) is 0 Å². The van der Waals surface area contributed by atoms with Crippen molar-refractivity contribution >= 4 is 40.2 Å². The zero-order valence-corrected chi connectivity index (χ0v) is 19.5. The first-order valence-corrected chi connectivity index (χ1v) is 11.2. The molecule has 6 nitrogen and oxygen atoms in total. The average molecular weight is 459 g/mol. The third-order valence-electron chi connectivity index (χ3n) is 6.32. The Bertz CT molecular complexity index is 1170. The summed E-state index contributed by atoms with van der Waals surface area (Å²) in [4.78, 5) is 17.6. The smallest absolute Gasteiger partial charge is 0.255 e. The van der Waals surface area contributed by atoms with Gasteiger partial charge in [-0.1, -0.05) is 24.6 Å². The summed E-state index contributed by atoms with van der Waals surface area (Å²) in [5.74, 6) is 0.987. The van der Waals surface area contributed by atoms with Gasteiger partial charge in [0.05, 0.1) is 34.4 Å². The Labute approximate surface area is 192 Å². The molecule has 2 N–H and O–H groups in total. The van der Waals surface area contributed by atoms with Crippen LogP contribution in [0.2, 0.25) is 5.02 Å². The minimum atomic E-state index is -0.427. The number of aryl methyl sites for hydroxylation is 2. The molecule has 0 saturated heterocycles. The van der Waals surface area contributed by atoms with Crippen molar-refractivity contribution in [3.05, 3.63) is 46.2 Å². The van der Waals surface area contributed by atoms with Crippen molar-refractivity contribution in [1.82, 2.24) is 14.9 Å². The monoisotopic (exact) mass is 458 g/mol. The molecule has 0 unspecified atom stereocenters. The van der Waals surface area contributed by atoms with Gasteiger partial charge in [-0.05, 0) is 56.2 Å². The molecule has 0 radical (unpaired) electrons. The maximum Gasteiger partial charge on any atom is 0.255 e. The third kappa shape index (κ3) is 4.26. The number of anilines is 2. The predicted octanol–water partition coefficient (Wildman–Crippen LogP) is 5.73. The van der Waals surface area contributed by atoms with Crippen LogP contribution in [0.15, 0.2) is 24.3 Å². The molecule has 1 aromatic heterocycles. The van der Waals surface area contributed by atoms with Crippen molar-refractivity contribution in [1.29, 1.82) is 0 Å². The Hall–Kier alpha value is -2.80. The Kier molecular flexibility index (Phi) is 6.29. The number of amides is 1. The number of ether oxygens (including phenoxy) is 1. The number of halogens is 2. The molecule has 0 atom stereocenters. The van der Waals surface area contributed by atoms with E-state index in [0.717, 1.165) is 31.2 Å². The Balaban J connectivity index is 1.66. The Morgan fingerprint density at radius 2 is 1.97 bits per heavy atom. The zero-order chi connectivity index (χ0) is 23.0. The van der Waals surface area contributed by atoms with Gasteiger partial charge in [-0.2, -0.15) is 0 Å². The molecular weight excluding hydrogens is 431 g/mol. The maximum atomic E-state index is 14.6. The first-order chi connectivity index (χ1) is 15.3. The summed E-state index contributed by atoms with van der Waals surface area (Å²) in [5.41, 5.74) is 2.43. The van der Waals surface area contributed by atoms with E-state index in [2.05, 4.69) is 22.5 Å². The average Bonchev–Trinajstić information content (AvgIpc) is 3.09. The second-order valence-corrected chi connectivity index (χ2v) is 9.05. The van der Waals surface area contributed by atoms with Gasteiger partial charge in [0.2, 0.25) is 5.95 Å². The lowest BCUT2D eigenvalue weighted by Gasteiger charge is -2.27. The Morgan fingerprint density at radius 1 is 1.25 bits per heavy atom. The van der Waals surface area contributed by atoms with Crippen LogP contribution in [-0.4, -0.2) is 28.6 Å². The molecule has 1 aliphatic rings. The minimum absolute atomic E-state index is 0.168. The number of carbonyl (C=O) groups excluding carboxylic acids is 1. The number of hydrogen-bond acceptors (Lipinski definition) is 4. The Morgan fingerprint density at radius 3 is 2.66 bits per heavy atom. The maximum absolute atomic E-state index is 14.6. The number of aromatic nitrogens is 2. The molecule has 32 heavy (non-hydrogen) atoms. The highest BCUT2D eigenvalue weighted by Gasteiger charge is 2.23. The highest BCUT2D eigenvalue weighted by Crippen LogP contribution is 2.33. The van der Waals surface area contributed by atoms with Crippen LogP contribution in [0.25, 0.3) is 11.0 Å². The number of methoxy groups -OCH3 is 1. The quantitative estimate of drug-likeness (QED) is 0.512. The highest BCUT2D eigenvalue weighted by atomic mass is 35.5. The van der Waals surface area contributed by atoms with Crippen molar-refractivity contribution < 1.29 is 13.9 Å². The summed E-state index contributed by atoms with van der Waals surface area (Å²) in [6.45, 7) is 3.92. The van der Waals surface area contributed by atoms with E-state index in [-0.39, 0.29) is 22.7 Å². The van der Waals surface area contributed by atoms with Crippen molar-refractivity contribution in [3.63, 3.8) is 0 Å². The number of imidazole rings is 1. The van der Waals surface area contributed by atoms with Crippen molar-refractivity contribution in [3.8, 4) is 5.75 Å². The first-order valence-electron chi connectivity index (χ1n) is 10.9. The van der Waals surface area contributed by atoms with Gasteiger partial charge in [0, 0.05) is 19.2 Å². The van der Waals surface area contributed by atoms with Crippen LogP contribution in [0.4, 0.5) is 16.0 Å². The first kappa shape index (κ1) is 22.4. The number of fused-ring (bicyclic) bond motifs is 1. The fourth-order valence-electron chi connectivity index (χ4n) is 4.23. The normalized spacial score (nSPS) is 18.6. The predicted molar refractivity (Wildman–Crippen MR) is 126 cm³/mol. The van der Waals surface area contributed by atoms with Crippen LogP contribution in [0.1, 0.15) is 48.5 Å². The highest BCUT2D eigenvalue weighted by molar-refractivity contribution is 6.33. The van der Waals surface area contributed by atoms with Crippen LogP contribution >= 0.6 is 11.6 Å². The molecule has 0 spiro atoms. The molecule has 170 valence electrons. The van der Waals surface area contributed by atoms with Gasteiger partial charge in [-0.3, -0.25) is 4.79 Å². The molecule has 2 aromatic carbocycles. The summed E-state index contributed by atoms with van der Waals surface area (Å²) >= 11 is 6.21. The van der Waals surface area contributed by atoms with E-state index >= 15 is 0 Å². The summed E-state index contributed by atoms with van der Waals surface area (Å²) in [5, 5.41) is 6.40. The SMILES string of the molecule is COc1cc2c(cc1C(=O)N[C@H]1CC[C@H](C)CC1)nc(Nc1c(Cl)ccc(C)c1F)n2C. The summed E-state index contributed by atoms with van der Waals surface area (Å²) in [6.07, 6.45) is 4.21. The van der Waals surface area contributed by atoms with Crippen molar-refractivity contribution in [2.24, 2.45) is 13.0 Å². The van der Waals surface area contributed by atoms with Gasteiger partial charge < -0.3 is 19.9 Å². The van der Waals surface area contributed by atoms with Crippen LogP contribution in [0.5, 0.6) is 5.75 Å². The number of nitrogens with zero attached hydrogens (tertiary/aromatic N) is 2. The molecule has 3 aromatic rings. The van der Waals surface area contributed by atoms with E-state index < -0.39 is 5.82 Å². The molecular formula is C24H28ClFN4O2. The number of nitrogens with one attached hydrogen (secondary N) is 2. The van der Waals surface area contributed by atoms with Crippen LogP contribution < -0.4 is 15.4 Å². The largest absolute Gasteiger partial charge is 0.496 e. The number of carbonyl (C=O) groups is 1. The molecule has 0 aliphatic heterocycles. The molecule has 8 heteroatoms. The van der Waals surface area contributed by atoms with E-state index in [1.807, 2.05) is 7.05 Å². The molecule has 1 heterocycles. The zero-order valence-electron chi connectivity index (χ0n) is 18.8. The lowest BCUT2D eigenvalue weighted by molar-refractivity contribution is 0.0920. The number of rotatable bonds is 5.